The normalized spacial score (nSPS) is 12.3. The van der Waals surface area contributed by atoms with Gasteiger partial charge in [-0.25, -0.2) is 0 Å². The van der Waals surface area contributed by atoms with E-state index in [0.717, 1.165) is 27.1 Å². The Hall–Kier alpha value is -1.32. The first kappa shape index (κ1) is 14.1. The number of hydrogen-bond acceptors (Lipinski definition) is 2. The van der Waals surface area contributed by atoms with Gasteiger partial charge in [-0.2, -0.15) is 0 Å². The average Bonchev–Trinajstić information content (AvgIpc) is 2.34. The van der Waals surface area contributed by atoms with Gasteiger partial charge in [0.2, 0.25) is 0 Å². The SMILES string of the molecule is Cc1ccc(Oc2ccc([C@@H](C)O)cc2Br)c(C)c1. The number of ether oxygens (including phenoxy) is 1. The van der Waals surface area contributed by atoms with Crippen molar-refractivity contribution in [1.29, 1.82) is 0 Å². The Morgan fingerprint density at radius 1 is 1.05 bits per heavy atom. The van der Waals surface area contributed by atoms with Crippen molar-refractivity contribution in [2.75, 3.05) is 0 Å². The van der Waals surface area contributed by atoms with Gasteiger partial charge in [-0.05, 0) is 66.0 Å². The molecule has 3 heteroatoms. The van der Waals surface area contributed by atoms with Crippen LogP contribution in [0.2, 0.25) is 0 Å². The van der Waals surface area contributed by atoms with E-state index in [0.29, 0.717) is 0 Å². The van der Waals surface area contributed by atoms with E-state index in [1.807, 2.05) is 37.3 Å². The number of aliphatic hydroxyl groups excluding tert-OH is 1. The van der Waals surface area contributed by atoms with Crippen molar-refractivity contribution in [1.82, 2.24) is 0 Å². The summed E-state index contributed by atoms with van der Waals surface area (Å²) in [5.74, 6) is 1.59. The van der Waals surface area contributed by atoms with Crippen LogP contribution in [0.25, 0.3) is 0 Å². The van der Waals surface area contributed by atoms with E-state index in [-0.39, 0.29) is 0 Å². The van der Waals surface area contributed by atoms with Gasteiger partial charge in [0.15, 0.2) is 0 Å². The van der Waals surface area contributed by atoms with Crippen molar-refractivity contribution < 1.29 is 9.84 Å². The van der Waals surface area contributed by atoms with E-state index >= 15 is 0 Å². The van der Waals surface area contributed by atoms with Gasteiger partial charge in [-0.1, -0.05) is 23.8 Å². The van der Waals surface area contributed by atoms with Gasteiger partial charge in [-0.3, -0.25) is 0 Å². The molecule has 2 aromatic carbocycles. The van der Waals surface area contributed by atoms with Crippen molar-refractivity contribution in [3.05, 3.63) is 57.6 Å². The third-order valence-electron chi connectivity index (χ3n) is 2.99. The summed E-state index contributed by atoms with van der Waals surface area (Å²) < 4.78 is 6.74. The molecule has 0 unspecified atom stereocenters. The van der Waals surface area contributed by atoms with E-state index in [2.05, 4.69) is 28.9 Å². The van der Waals surface area contributed by atoms with E-state index in [1.165, 1.54) is 5.56 Å². The molecule has 2 rings (SSSR count). The first-order valence-corrected chi connectivity index (χ1v) is 6.99. The number of hydrogen-bond donors (Lipinski definition) is 1. The van der Waals surface area contributed by atoms with Crippen LogP contribution in [-0.2, 0) is 0 Å². The van der Waals surface area contributed by atoms with Crippen molar-refractivity contribution in [3.63, 3.8) is 0 Å². The fourth-order valence-electron chi connectivity index (χ4n) is 1.89. The predicted molar refractivity (Wildman–Crippen MR) is 80.8 cm³/mol. The summed E-state index contributed by atoms with van der Waals surface area (Å²) >= 11 is 3.48. The Morgan fingerprint density at radius 2 is 1.74 bits per heavy atom. The molecule has 1 N–H and O–H groups in total. The predicted octanol–water partition coefficient (Wildman–Crippen LogP) is 4.91. The molecule has 1 atom stereocenters. The first-order chi connectivity index (χ1) is 8.97. The molecule has 0 fully saturated rings. The van der Waals surface area contributed by atoms with E-state index in [1.54, 1.807) is 6.92 Å². The van der Waals surface area contributed by atoms with Crippen LogP contribution < -0.4 is 4.74 Å². The summed E-state index contributed by atoms with van der Waals surface area (Å²) in [6, 6.07) is 11.7. The van der Waals surface area contributed by atoms with E-state index in [4.69, 9.17) is 4.74 Å². The zero-order valence-electron chi connectivity index (χ0n) is 11.3. The molecular weight excluding hydrogens is 304 g/mol. The largest absolute Gasteiger partial charge is 0.456 e. The van der Waals surface area contributed by atoms with Crippen LogP contribution in [0.1, 0.15) is 29.7 Å². The number of rotatable bonds is 3. The highest BCUT2D eigenvalue weighted by atomic mass is 79.9. The second kappa shape index (κ2) is 5.76. The lowest BCUT2D eigenvalue weighted by molar-refractivity contribution is 0.199. The highest BCUT2D eigenvalue weighted by Crippen LogP contribution is 2.33. The quantitative estimate of drug-likeness (QED) is 0.870. The second-order valence-electron chi connectivity index (χ2n) is 4.74. The Labute approximate surface area is 122 Å². The minimum atomic E-state index is -0.480. The van der Waals surface area contributed by atoms with E-state index < -0.39 is 6.10 Å². The van der Waals surface area contributed by atoms with Crippen LogP contribution in [0.4, 0.5) is 0 Å². The Bertz CT molecular complexity index is 591. The molecule has 0 spiro atoms. The number of aryl methyl sites for hydroxylation is 2. The number of benzene rings is 2. The summed E-state index contributed by atoms with van der Waals surface area (Å²) in [6.45, 7) is 5.83. The van der Waals surface area contributed by atoms with Crippen molar-refractivity contribution in [3.8, 4) is 11.5 Å². The maximum absolute atomic E-state index is 9.54. The van der Waals surface area contributed by atoms with Gasteiger partial charge < -0.3 is 9.84 Å². The minimum Gasteiger partial charge on any atom is -0.456 e. The number of halogens is 1. The molecular formula is C16H17BrO2. The monoisotopic (exact) mass is 320 g/mol. The smallest absolute Gasteiger partial charge is 0.141 e. The fourth-order valence-corrected chi connectivity index (χ4v) is 2.37. The Morgan fingerprint density at radius 3 is 2.32 bits per heavy atom. The highest BCUT2D eigenvalue weighted by Gasteiger charge is 2.08. The third-order valence-corrected chi connectivity index (χ3v) is 3.61. The molecule has 100 valence electrons. The zero-order valence-corrected chi connectivity index (χ0v) is 12.9. The summed E-state index contributed by atoms with van der Waals surface area (Å²) in [6.07, 6.45) is -0.480. The maximum atomic E-state index is 9.54. The fraction of sp³-hybridized carbons (Fsp3) is 0.250. The molecule has 2 aromatic rings. The van der Waals surface area contributed by atoms with Crippen molar-refractivity contribution >= 4 is 15.9 Å². The van der Waals surface area contributed by atoms with Gasteiger partial charge in [0, 0.05) is 0 Å². The van der Waals surface area contributed by atoms with Crippen LogP contribution in [0.15, 0.2) is 40.9 Å². The van der Waals surface area contributed by atoms with Crippen LogP contribution in [0, 0.1) is 13.8 Å². The molecule has 19 heavy (non-hydrogen) atoms. The minimum absolute atomic E-state index is 0.480. The molecule has 0 aliphatic heterocycles. The molecule has 0 saturated carbocycles. The summed E-state index contributed by atoms with van der Waals surface area (Å²) in [4.78, 5) is 0. The molecule has 0 aliphatic rings. The Balaban J connectivity index is 2.28. The Kier molecular flexibility index (Phi) is 4.27. The molecule has 0 amide bonds. The first-order valence-electron chi connectivity index (χ1n) is 6.20. The van der Waals surface area contributed by atoms with Gasteiger partial charge in [0.1, 0.15) is 11.5 Å². The topological polar surface area (TPSA) is 29.5 Å². The maximum Gasteiger partial charge on any atom is 0.141 e. The van der Waals surface area contributed by atoms with Crippen molar-refractivity contribution in [2.45, 2.75) is 26.9 Å². The highest BCUT2D eigenvalue weighted by molar-refractivity contribution is 9.10. The third kappa shape index (κ3) is 3.37. The molecule has 0 aliphatic carbocycles. The lowest BCUT2D eigenvalue weighted by atomic mass is 10.1. The second-order valence-corrected chi connectivity index (χ2v) is 5.59. The van der Waals surface area contributed by atoms with Gasteiger partial charge in [-0.15, -0.1) is 0 Å². The number of aliphatic hydroxyl groups is 1. The summed E-state index contributed by atoms with van der Waals surface area (Å²) in [5.41, 5.74) is 3.18. The van der Waals surface area contributed by atoms with Gasteiger partial charge in [0.25, 0.3) is 0 Å². The zero-order chi connectivity index (χ0) is 14.0. The molecule has 0 radical (unpaired) electrons. The van der Waals surface area contributed by atoms with Crippen LogP contribution in [0.3, 0.4) is 0 Å². The van der Waals surface area contributed by atoms with Crippen LogP contribution >= 0.6 is 15.9 Å². The van der Waals surface area contributed by atoms with Crippen LogP contribution in [0.5, 0.6) is 11.5 Å². The standard InChI is InChI=1S/C16H17BrO2/c1-10-4-6-15(11(2)8-10)19-16-7-5-13(12(3)18)9-14(16)17/h4-9,12,18H,1-3H3/t12-/m1/s1. The summed E-state index contributed by atoms with van der Waals surface area (Å²) in [7, 11) is 0. The van der Waals surface area contributed by atoms with Crippen molar-refractivity contribution in [2.24, 2.45) is 0 Å². The lowest BCUT2D eigenvalue weighted by Crippen LogP contribution is -1.93. The average molecular weight is 321 g/mol. The molecule has 0 aromatic heterocycles. The van der Waals surface area contributed by atoms with Gasteiger partial charge in [0.05, 0.1) is 10.6 Å². The van der Waals surface area contributed by atoms with Crippen LogP contribution in [-0.4, -0.2) is 5.11 Å². The molecule has 0 saturated heterocycles. The lowest BCUT2D eigenvalue weighted by Gasteiger charge is -2.12. The summed E-state index contributed by atoms with van der Waals surface area (Å²) in [5, 5.41) is 9.54. The molecule has 0 bridgehead atoms. The molecule has 0 heterocycles. The van der Waals surface area contributed by atoms with E-state index in [9.17, 15) is 5.11 Å². The van der Waals surface area contributed by atoms with Gasteiger partial charge >= 0.3 is 0 Å². The molecule has 2 nitrogen and oxygen atoms in total.